The highest BCUT2D eigenvalue weighted by atomic mass is 32.2. The Bertz CT molecular complexity index is 1010. The highest BCUT2D eigenvalue weighted by Crippen LogP contribution is 2.21. The number of hydrogen-bond acceptors (Lipinski definition) is 8. The second kappa shape index (κ2) is 9.28. The van der Waals surface area contributed by atoms with E-state index in [1.807, 2.05) is 0 Å². The van der Waals surface area contributed by atoms with E-state index in [-0.39, 0.29) is 29.6 Å². The SMILES string of the molecule is CC(=O)c1ccccc1OCCOC(=O)[C@@H](C)S(=O)(=O)c1ccc([N+](=O)[O-])cc1. The topological polar surface area (TPSA) is 130 Å². The number of nitro groups is 1. The molecule has 0 aromatic heterocycles. The van der Waals surface area contributed by atoms with E-state index in [0.717, 1.165) is 24.3 Å². The number of Topliss-reactive ketones (excluding diaryl/α,β-unsaturated/α-hetero) is 1. The summed E-state index contributed by atoms with van der Waals surface area (Å²) < 4.78 is 35.4. The van der Waals surface area contributed by atoms with Gasteiger partial charge in [-0.25, -0.2) is 8.42 Å². The molecule has 0 fully saturated rings. The second-order valence-corrected chi connectivity index (χ2v) is 8.28. The number of hydrogen-bond donors (Lipinski definition) is 0. The quantitative estimate of drug-likeness (QED) is 0.199. The predicted octanol–water partition coefficient (Wildman–Crippen LogP) is 2.58. The van der Waals surface area contributed by atoms with Gasteiger partial charge in [-0.1, -0.05) is 12.1 Å². The van der Waals surface area contributed by atoms with Crippen LogP contribution < -0.4 is 4.74 Å². The van der Waals surface area contributed by atoms with Crippen LogP contribution in [-0.4, -0.2) is 43.6 Å². The summed E-state index contributed by atoms with van der Waals surface area (Å²) >= 11 is 0. The number of ketones is 1. The van der Waals surface area contributed by atoms with Crippen LogP contribution >= 0.6 is 0 Å². The second-order valence-electron chi connectivity index (χ2n) is 6.01. The van der Waals surface area contributed by atoms with Crippen molar-refractivity contribution >= 4 is 27.3 Å². The van der Waals surface area contributed by atoms with Crippen molar-refractivity contribution in [3.05, 3.63) is 64.2 Å². The molecule has 154 valence electrons. The van der Waals surface area contributed by atoms with E-state index in [2.05, 4.69) is 0 Å². The molecule has 2 aromatic rings. The van der Waals surface area contributed by atoms with Crippen LogP contribution in [0.2, 0.25) is 0 Å². The van der Waals surface area contributed by atoms with Crippen LogP contribution in [0.5, 0.6) is 5.75 Å². The van der Waals surface area contributed by atoms with Gasteiger partial charge < -0.3 is 9.47 Å². The first-order valence-corrected chi connectivity index (χ1v) is 10.1. The Hall–Kier alpha value is -3.27. The fraction of sp³-hybridized carbons (Fsp3) is 0.263. The van der Waals surface area contributed by atoms with Crippen LogP contribution in [0.3, 0.4) is 0 Å². The largest absolute Gasteiger partial charge is 0.489 e. The highest BCUT2D eigenvalue weighted by molar-refractivity contribution is 7.92. The molecule has 29 heavy (non-hydrogen) atoms. The lowest BCUT2D eigenvalue weighted by molar-refractivity contribution is -0.384. The first-order valence-electron chi connectivity index (χ1n) is 8.52. The zero-order chi connectivity index (χ0) is 21.6. The molecule has 0 spiro atoms. The van der Waals surface area contributed by atoms with E-state index in [1.54, 1.807) is 24.3 Å². The first kappa shape index (κ1) is 22.0. The molecule has 0 N–H and O–H groups in total. The molecule has 0 heterocycles. The minimum absolute atomic E-state index is 0.0691. The number of non-ortho nitro benzene ring substituents is 1. The Kier molecular flexibility index (Phi) is 7.05. The Labute approximate surface area is 167 Å². The molecule has 2 rings (SSSR count). The van der Waals surface area contributed by atoms with Gasteiger partial charge in [0.05, 0.1) is 15.4 Å². The molecule has 0 bridgehead atoms. The summed E-state index contributed by atoms with van der Waals surface area (Å²) in [7, 11) is -4.07. The standard InChI is InChI=1S/C19H19NO8S/c1-13(21)17-5-3-4-6-18(17)27-11-12-28-19(22)14(2)29(25,26)16-9-7-15(8-10-16)20(23)24/h3-10,14H,11-12H2,1-2H3/t14-/m1/s1. The molecule has 0 aliphatic rings. The lowest BCUT2D eigenvalue weighted by Crippen LogP contribution is -2.30. The van der Waals surface area contributed by atoms with Crippen molar-refractivity contribution in [2.24, 2.45) is 0 Å². The van der Waals surface area contributed by atoms with Crippen molar-refractivity contribution in [3.8, 4) is 5.75 Å². The lowest BCUT2D eigenvalue weighted by atomic mass is 10.1. The molecule has 0 aliphatic carbocycles. The van der Waals surface area contributed by atoms with Gasteiger partial charge in [0.1, 0.15) is 19.0 Å². The van der Waals surface area contributed by atoms with E-state index in [4.69, 9.17) is 9.47 Å². The average molecular weight is 421 g/mol. The molecule has 0 amide bonds. The fourth-order valence-corrected chi connectivity index (χ4v) is 3.63. The first-order chi connectivity index (χ1) is 13.6. The van der Waals surface area contributed by atoms with Crippen LogP contribution in [0.25, 0.3) is 0 Å². The summed E-state index contributed by atoms with van der Waals surface area (Å²) in [4.78, 5) is 33.4. The van der Waals surface area contributed by atoms with Gasteiger partial charge in [-0.15, -0.1) is 0 Å². The van der Waals surface area contributed by atoms with E-state index >= 15 is 0 Å². The third-order valence-electron chi connectivity index (χ3n) is 4.03. The molecule has 2 aromatic carbocycles. The smallest absolute Gasteiger partial charge is 0.324 e. The van der Waals surface area contributed by atoms with Crippen LogP contribution in [0.4, 0.5) is 5.69 Å². The third-order valence-corrected chi connectivity index (χ3v) is 6.08. The molecule has 0 radical (unpaired) electrons. The van der Waals surface area contributed by atoms with Crippen LogP contribution in [-0.2, 0) is 19.4 Å². The van der Waals surface area contributed by atoms with E-state index in [9.17, 15) is 28.1 Å². The highest BCUT2D eigenvalue weighted by Gasteiger charge is 2.31. The number of ether oxygens (including phenoxy) is 2. The third kappa shape index (κ3) is 5.38. The molecular formula is C19H19NO8S. The minimum atomic E-state index is -4.07. The predicted molar refractivity (Wildman–Crippen MR) is 103 cm³/mol. The maximum absolute atomic E-state index is 12.5. The zero-order valence-corrected chi connectivity index (χ0v) is 16.5. The molecule has 1 atom stereocenters. The summed E-state index contributed by atoms with van der Waals surface area (Å²) in [6.45, 7) is 2.28. The summed E-state index contributed by atoms with van der Waals surface area (Å²) in [5.74, 6) is -0.824. The van der Waals surface area contributed by atoms with Crippen LogP contribution in [0.1, 0.15) is 24.2 Å². The summed E-state index contributed by atoms with van der Waals surface area (Å²) in [6.07, 6.45) is 0. The summed E-state index contributed by atoms with van der Waals surface area (Å²) in [5, 5.41) is 9.16. The number of nitrogens with zero attached hydrogens (tertiary/aromatic N) is 1. The molecular weight excluding hydrogens is 402 g/mol. The molecule has 0 saturated carbocycles. The monoisotopic (exact) mass is 421 g/mol. The zero-order valence-electron chi connectivity index (χ0n) is 15.7. The lowest BCUT2D eigenvalue weighted by Gasteiger charge is -2.14. The number of carbonyl (C=O) groups is 2. The van der Waals surface area contributed by atoms with Crippen molar-refractivity contribution in [2.45, 2.75) is 24.0 Å². The van der Waals surface area contributed by atoms with Gasteiger partial charge in [-0.05, 0) is 38.1 Å². The Balaban J connectivity index is 1.95. The van der Waals surface area contributed by atoms with Crippen molar-refractivity contribution < 1.29 is 32.4 Å². The molecule has 0 saturated heterocycles. The average Bonchev–Trinajstić information content (AvgIpc) is 2.70. The number of carbonyl (C=O) groups excluding carboxylic acids is 2. The van der Waals surface area contributed by atoms with E-state index in [0.29, 0.717) is 11.3 Å². The van der Waals surface area contributed by atoms with E-state index in [1.165, 1.54) is 13.8 Å². The Morgan fingerprint density at radius 2 is 1.69 bits per heavy atom. The number of sulfone groups is 1. The number of esters is 1. The number of nitro benzene ring substituents is 1. The van der Waals surface area contributed by atoms with E-state index < -0.39 is 26.0 Å². The fourth-order valence-electron chi connectivity index (χ4n) is 2.38. The van der Waals surface area contributed by atoms with Crippen LogP contribution in [0.15, 0.2) is 53.4 Å². The molecule has 10 heteroatoms. The maximum Gasteiger partial charge on any atom is 0.324 e. The van der Waals surface area contributed by atoms with Crippen molar-refractivity contribution in [1.29, 1.82) is 0 Å². The van der Waals surface area contributed by atoms with Gasteiger partial charge in [0.15, 0.2) is 20.9 Å². The van der Waals surface area contributed by atoms with Gasteiger partial charge in [0.25, 0.3) is 5.69 Å². The van der Waals surface area contributed by atoms with Gasteiger partial charge in [-0.2, -0.15) is 0 Å². The summed E-state index contributed by atoms with van der Waals surface area (Å²) in [5.41, 5.74) is 0.120. The van der Waals surface area contributed by atoms with Gasteiger partial charge in [-0.3, -0.25) is 19.7 Å². The Morgan fingerprint density at radius 1 is 1.07 bits per heavy atom. The van der Waals surface area contributed by atoms with Crippen molar-refractivity contribution in [1.82, 2.24) is 0 Å². The van der Waals surface area contributed by atoms with Crippen molar-refractivity contribution in [2.75, 3.05) is 13.2 Å². The minimum Gasteiger partial charge on any atom is -0.489 e. The number of para-hydroxylation sites is 1. The summed E-state index contributed by atoms with van der Waals surface area (Å²) in [6, 6.07) is 10.8. The molecule has 0 unspecified atom stereocenters. The normalized spacial score (nSPS) is 12.1. The number of benzene rings is 2. The van der Waals surface area contributed by atoms with Gasteiger partial charge in [0, 0.05) is 12.1 Å². The molecule has 0 aliphatic heterocycles. The maximum atomic E-state index is 12.5. The molecule has 9 nitrogen and oxygen atoms in total. The Morgan fingerprint density at radius 3 is 2.28 bits per heavy atom. The van der Waals surface area contributed by atoms with Crippen LogP contribution in [0, 0.1) is 10.1 Å². The van der Waals surface area contributed by atoms with Gasteiger partial charge >= 0.3 is 5.97 Å². The number of rotatable bonds is 9. The van der Waals surface area contributed by atoms with Gasteiger partial charge in [0.2, 0.25) is 0 Å². The van der Waals surface area contributed by atoms with Crippen molar-refractivity contribution in [3.63, 3.8) is 0 Å².